The summed E-state index contributed by atoms with van der Waals surface area (Å²) in [6.45, 7) is 9.59. The van der Waals surface area contributed by atoms with E-state index in [4.69, 9.17) is 9.47 Å². The van der Waals surface area contributed by atoms with Gasteiger partial charge in [0.2, 0.25) is 11.8 Å². The smallest absolute Gasteiger partial charge is 0.241 e. The van der Waals surface area contributed by atoms with Gasteiger partial charge in [0, 0.05) is 18.8 Å². The van der Waals surface area contributed by atoms with Crippen molar-refractivity contribution in [2.75, 3.05) is 53.5 Å². The minimum absolute atomic E-state index is 0.00814. The third-order valence-corrected chi connectivity index (χ3v) is 12.8. The molecule has 0 aromatic heterocycles. The Labute approximate surface area is 372 Å². The lowest BCUT2D eigenvalue weighted by atomic mass is 9.87. The molecular formula is C52H63N7O4. The second-order valence-electron chi connectivity index (χ2n) is 18.1. The van der Waals surface area contributed by atoms with E-state index < -0.39 is 0 Å². The summed E-state index contributed by atoms with van der Waals surface area (Å²) in [5.41, 5.74) is 10.1. The standard InChI is InChI=1S/C52H63N7O4/c1-52(2,3)38-16-18-39(19-17-38)59-48(36-14-24-42(55-32-34-10-20-40(62-4)21-11-34)46(30-36)57-50(60)44-8-6-28-53-44)26-27-49(59)37-15-25-43(56-33-35-12-22-41(63-5)23-13-35)47(31-37)58-51(61)45-9-7-29-54-45/h10-25,30-31,44-45,48-49,53-56H,6-9,26-29,32-33H2,1-5H3,(H,57,60)(H,58,61). The minimum atomic E-state index is -0.218. The number of carbonyl (C=O) groups excluding carboxylic acids is 2. The highest BCUT2D eigenvalue weighted by Crippen LogP contribution is 2.49. The van der Waals surface area contributed by atoms with Crippen LogP contribution >= 0.6 is 0 Å². The van der Waals surface area contributed by atoms with Crippen LogP contribution in [-0.2, 0) is 28.1 Å². The molecule has 0 radical (unpaired) electrons. The third-order valence-electron chi connectivity index (χ3n) is 12.8. The summed E-state index contributed by atoms with van der Waals surface area (Å²) in [5.74, 6) is 1.60. The molecule has 11 heteroatoms. The van der Waals surface area contributed by atoms with E-state index >= 15 is 0 Å². The summed E-state index contributed by atoms with van der Waals surface area (Å²) >= 11 is 0. The van der Waals surface area contributed by atoms with E-state index in [-0.39, 0.29) is 41.4 Å². The van der Waals surface area contributed by atoms with Crippen molar-refractivity contribution >= 4 is 40.3 Å². The van der Waals surface area contributed by atoms with Gasteiger partial charge in [-0.05, 0) is 146 Å². The lowest BCUT2D eigenvalue weighted by Crippen LogP contribution is -2.35. The monoisotopic (exact) mass is 849 g/mol. The number of hydrogen-bond acceptors (Lipinski definition) is 9. The summed E-state index contributed by atoms with van der Waals surface area (Å²) < 4.78 is 10.8. The van der Waals surface area contributed by atoms with Gasteiger partial charge in [-0.3, -0.25) is 9.59 Å². The Hall–Kier alpha value is -6.04. The van der Waals surface area contributed by atoms with E-state index in [0.717, 1.165) is 114 Å². The van der Waals surface area contributed by atoms with Crippen LogP contribution in [0, 0.1) is 0 Å². The molecule has 4 unspecified atom stereocenters. The zero-order chi connectivity index (χ0) is 43.9. The number of anilines is 5. The summed E-state index contributed by atoms with van der Waals surface area (Å²) in [7, 11) is 3.34. The number of amides is 2. The van der Waals surface area contributed by atoms with Gasteiger partial charge in [-0.15, -0.1) is 0 Å². The molecule has 0 bridgehead atoms. The van der Waals surface area contributed by atoms with Gasteiger partial charge in [-0.1, -0.05) is 69.3 Å². The molecule has 3 aliphatic heterocycles. The van der Waals surface area contributed by atoms with Crippen LogP contribution in [0.25, 0.3) is 0 Å². The van der Waals surface area contributed by atoms with E-state index in [1.54, 1.807) is 14.2 Å². The van der Waals surface area contributed by atoms with Crippen molar-refractivity contribution in [3.63, 3.8) is 0 Å². The van der Waals surface area contributed by atoms with Crippen LogP contribution in [0.15, 0.2) is 109 Å². The first kappa shape index (κ1) is 43.6. The van der Waals surface area contributed by atoms with E-state index in [1.807, 2.05) is 48.5 Å². The van der Waals surface area contributed by atoms with Crippen molar-refractivity contribution in [2.24, 2.45) is 0 Å². The zero-order valence-corrected chi connectivity index (χ0v) is 37.4. The predicted molar refractivity (Wildman–Crippen MR) is 255 cm³/mol. The molecule has 63 heavy (non-hydrogen) atoms. The van der Waals surface area contributed by atoms with Crippen molar-refractivity contribution in [2.45, 2.75) is 102 Å². The second kappa shape index (κ2) is 19.6. The van der Waals surface area contributed by atoms with Gasteiger partial charge in [-0.2, -0.15) is 0 Å². The Bertz CT molecular complexity index is 2190. The highest BCUT2D eigenvalue weighted by atomic mass is 16.5. The number of benzene rings is 5. The number of nitrogens with zero attached hydrogens (tertiary/aromatic N) is 1. The van der Waals surface area contributed by atoms with Crippen LogP contribution in [0.2, 0.25) is 0 Å². The first-order valence-corrected chi connectivity index (χ1v) is 22.5. The quantitative estimate of drug-likeness (QED) is 0.0611. The molecule has 3 heterocycles. The molecule has 8 rings (SSSR count). The molecular weight excluding hydrogens is 787 g/mol. The fourth-order valence-electron chi connectivity index (χ4n) is 9.15. The topological polar surface area (TPSA) is 128 Å². The summed E-state index contributed by atoms with van der Waals surface area (Å²) in [6.07, 6.45) is 5.39. The van der Waals surface area contributed by atoms with Gasteiger partial charge >= 0.3 is 0 Å². The Morgan fingerprint density at radius 3 is 1.41 bits per heavy atom. The molecule has 3 saturated heterocycles. The average Bonchev–Trinajstić information content (AvgIpc) is 4.12. The fraction of sp³-hybridized carbons (Fsp3) is 0.385. The molecule has 6 N–H and O–H groups in total. The van der Waals surface area contributed by atoms with Crippen LogP contribution in [0.4, 0.5) is 28.4 Å². The number of nitrogens with one attached hydrogen (secondary N) is 6. The molecule has 3 fully saturated rings. The lowest BCUT2D eigenvalue weighted by molar-refractivity contribution is -0.118. The summed E-state index contributed by atoms with van der Waals surface area (Å²) in [4.78, 5) is 29.9. The van der Waals surface area contributed by atoms with Crippen molar-refractivity contribution < 1.29 is 19.1 Å². The number of methoxy groups -OCH3 is 2. The lowest BCUT2D eigenvalue weighted by Gasteiger charge is -2.34. The minimum Gasteiger partial charge on any atom is -0.497 e. The van der Waals surface area contributed by atoms with Gasteiger partial charge < -0.3 is 46.3 Å². The molecule has 3 aliphatic rings. The molecule has 4 atom stereocenters. The van der Waals surface area contributed by atoms with Crippen molar-refractivity contribution in [1.29, 1.82) is 0 Å². The predicted octanol–water partition coefficient (Wildman–Crippen LogP) is 9.69. The maximum atomic E-state index is 13.7. The first-order chi connectivity index (χ1) is 30.6. The van der Waals surface area contributed by atoms with E-state index in [2.05, 4.69) is 118 Å². The molecule has 0 spiro atoms. The highest BCUT2D eigenvalue weighted by molar-refractivity contribution is 5.99. The Kier molecular flexibility index (Phi) is 13.5. The van der Waals surface area contributed by atoms with Gasteiger partial charge in [0.05, 0.1) is 61.1 Å². The SMILES string of the molecule is COc1ccc(CNc2ccc(C3CCC(c4ccc(NCc5ccc(OC)cc5)c(NC(=O)C5CCCN5)c4)N3c3ccc(C(C)(C)C)cc3)cc2NC(=O)C2CCCN2)cc1. The average molecular weight is 850 g/mol. The number of rotatable bonds is 15. The normalized spacial score (nSPS) is 19.7. The van der Waals surface area contributed by atoms with E-state index in [0.29, 0.717) is 13.1 Å². The molecule has 0 saturated carbocycles. The molecule has 11 nitrogen and oxygen atoms in total. The molecule has 330 valence electrons. The van der Waals surface area contributed by atoms with Crippen molar-refractivity contribution in [1.82, 2.24) is 10.6 Å². The van der Waals surface area contributed by atoms with E-state index in [9.17, 15) is 9.59 Å². The molecule has 0 aliphatic carbocycles. The van der Waals surface area contributed by atoms with Gasteiger partial charge in [0.1, 0.15) is 11.5 Å². The van der Waals surface area contributed by atoms with Crippen LogP contribution in [0.5, 0.6) is 11.5 Å². The van der Waals surface area contributed by atoms with Gasteiger partial charge in [-0.25, -0.2) is 0 Å². The van der Waals surface area contributed by atoms with Crippen LogP contribution in [-0.4, -0.2) is 51.2 Å². The third kappa shape index (κ3) is 10.4. The summed E-state index contributed by atoms with van der Waals surface area (Å²) in [5, 5.41) is 20.6. The molecule has 5 aromatic rings. The Morgan fingerprint density at radius 1 is 0.587 bits per heavy atom. The van der Waals surface area contributed by atoms with Crippen LogP contribution < -0.4 is 46.3 Å². The zero-order valence-electron chi connectivity index (χ0n) is 37.4. The number of hydrogen-bond donors (Lipinski definition) is 6. The Balaban J connectivity index is 1.13. The first-order valence-electron chi connectivity index (χ1n) is 22.5. The molecule has 5 aromatic carbocycles. The van der Waals surface area contributed by atoms with Gasteiger partial charge in [0.25, 0.3) is 0 Å². The number of carbonyl (C=O) groups is 2. The Morgan fingerprint density at radius 2 is 1.03 bits per heavy atom. The number of ether oxygens (including phenoxy) is 2. The highest BCUT2D eigenvalue weighted by Gasteiger charge is 2.37. The largest absolute Gasteiger partial charge is 0.497 e. The van der Waals surface area contributed by atoms with E-state index in [1.165, 1.54) is 5.56 Å². The van der Waals surface area contributed by atoms with Gasteiger partial charge in [0.15, 0.2) is 0 Å². The summed E-state index contributed by atoms with van der Waals surface area (Å²) in [6, 6.07) is 37.6. The maximum Gasteiger partial charge on any atom is 0.241 e. The van der Waals surface area contributed by atoms with Crippen LogP contribution in [0.3, 0.4) is 0 Å². The second-order valence-corrected chi connectivity index (χ2v) is 18.1. The van der Waals surface area contributed by atoms with Crippen LogP contribution in [0.1, 0.15) is 99.2 Å². The van der Waals surface area contributed by atoms with Crippen molar-refractivity contribution in [3.05, 3.63) is 137 Å². The maximum absolute atomic E-state index is 13.7. The molecule has 2 amide bonds. The fourth-order valence-corrected chi connectivity index (χ4v) is 9.15. The van der Waals surface area contributed by atoms with Crippen molar-refractivity contribution in [3.8, 4) is 11.5 Å².